The van der Waals surface area contributed by atoms with Gasteiger partial charge in [-0.25, -0.2) is 25.3 Å². The van der Waals surface area contributed by atoms with Crippen LogP contribution >= 0.6 is 0 Å². The Bertz CT molecular complexity index is 1440. The van der Waals surface area contributed by atoms with Crippen LogP contribution in [0, 0.1) is 0 Å². The van der Waals surface area contributed by atoms with E-state index in [-0.39, 0.29) is 105 Å². The van der Waals surface area contributed by atoms with Gasteiger partial charge in [-0.05, 0) is 22.8 Å². The second-order valence-electron chi connectivity index (χ2n) is 6.05. The number of hydrogen-bond acceptors (Lipinski definition) is 9. The van der Waals surface area contributed by atoms with Crippen molar-refractivity contribution in [3.63, 3.8) is 0 Å². The molecule has 0 saturated heterocycles. The van der Waals surface area contributed by atoms with Crippen molar-refractivity contribution in [2.24, 2.45) is 0 Å². The van der Waals surface area contributed by atoms with Crippen LogP contribution in [0.1, 0.15) is 0 Å². The van der Waals surface area contributed by atoms with E-state index in [0.29, 0.717) is 6.07 Å². The fourth-order valence-corrected chi connectivity index (χ4v) is 6.34. The minimum atomic E-state index is -5.87. The average Bonchev–Trinajstić information content (AvgIpc) is 2.65. The van der Waals surface area contributed by atoms with E-state index in [1.54, 1.807) is 12.1 Å². The summed E-state index contributed by atoms with van der Waals surface area (Å²) >= 11 is 0. The van der Waals surface area contributed by atoms with Crippen molar-refractivity contribution >= 4 is 30.4 Å². The molecule has 0 radical (unpaired) electrons. The average molecular weight is 536 g/mol. The van der Waals surface area contributed by atoms with E-state index < -0.39 is 50.6 Å². The molecule has 0 unspecified atom stereocenters. The van der Waals surface area contributed by atoms with Crippen LogP contribution in [0.15, 0.2) is 81.4 Å². The molecule has 3 rings (SSSR count). The maximum atomic E-state index is 12.1. The van der Waals surface area contributed by atoms with Gasteiger partial charge in [0.15, 0.2) is 0 Å². The van der Waals surface area contributed by atoms with Gasteiger partial charge in [0.05, 0.1) is 14.7 Å². The van der Waals surface area contributed by atoms with E-state index in [0.717, 1.165) is 0 Å². The zero-order valence-electron chi connectivity index (χ0n) is 17.7. The van der Waals surface area contributed by atoms with E-state index in [1.807, 2.05) is 0 Å². The molecule has 0 aliphatic heterocycles. The number of hydrogen-bond donors (Lipinski definition) is 0. The van der Waals surface area contributed by atoms with Gasteiger partial charge in [-0.15, -0.1) is 0 Å². The zero-order chi connectivity index (χ0) is 22.3. The van der Waals surface area contributed by atoms with Gasteiger partial charge in [0.1, 0.15) is 30.4 Å². The van der Waals surface area contributed by atoms with Crippen LogP contribution in [-0.2, 0) is 30.4 Å². The van der Waals surface area contributed by atoms with Gasteiger partial charge in [0.2, 0.25) is 0 Å². The van der Waals surface area contributed by atoms with Crippen LogP contribution in [0.3, 0.4) is 0 Å². The summed E-state index contributed by atoms with van der Waals surface area (Å²) in [6, 6.07) is 15.2. The molecule has 0 fully saturated rings. The summed E-state index contributed by atoms with van der Waals surface area (Å²) in [6.45, 7) is 0. The molecule has 0 atom stereocenters. The van der Waals surface area contributed by atoms with Gasteiger partial charge in [0.25, 0.3) is 0 Å². The molecule has 0 saturated carbocycles. The van der Waals surface area contributed by atoms with E-state index in [1.165, 1.54) is 48.5 Å². The molecule has 0 heterocycles. The van der Waals surface area contributed by atoms with Crippen LogP contribution in [0.25, 0.3) is 22.3 Å². The smallest absolute Gasteiger partial charge is 0.744 e. The zero-order valence-corrected chi connectivity index (χ0v) is 26.2. The Labute approximate surface area is 258 Å². The third-order valence-electron chi connectivity index (χ3n) is 4.12. The minimum absolute atomic E-state index is 0. The molecule has 0 bridgehead atoms. The van der Waals surface area contributed by atoms with Crippen LogP contribution in [0.2, 0.25) is 0 Å². The monoisotopic (exact) mass is 536 g/mol. The fraction of sp³-hybridized carbons (Fsp3) is 0. The minimum Gasteiger partial charge on any atom is -0.744 e. The summed E-state index contributed by atoms with van der Waals surface area (Å²) in [5, 5.41) is 0. The molecule has 0 spiro atoms. The van der Waals surface area contributed by atoms with Crippen molar-refractivity contribution in [1.82, 2.24) is 0 Å². The summed E-state index contributed by atoms with van der Waals surface area (Å²) in [7, 11) is -17.3. The first kappa shape index (κ1) is 33.4. The summed E-state index contributed by atoms with van der Waals surface area (Å²) < 4.78 is 107. The molecule has 0 aromatic heterocycles. The predicted molar refractivity (Wildman–Crippen MR) is 101 cm³/mol. The van der Waals surface area contributed by atoms with Crippen molar-refractivity contribution in [3.8, 4) is 22.3 Å². The molecule has 0 amide bonds. The van der Waals surface area contributed by atoms with Crippen LogP contribution in [0.5, 0.6) is 0 Å². The Morgan fingerprint density at radius 3 is 1.27 bits per heavy atom. The first-order chi connectivity index (χ1) is 13.8. The number of benzene rings is 3. The molecule has 158 valence electrons. The van der Waals surface area contributed by atoms with Gasteiger partial charge in [-0.1, -0.05) is 60.7 Å². The second kappa shape index (κ2) is 12.6. The van der Waals surface area contributed by atoms with Crippen LogP contribution in [-0.4, -0.2) is 38.9 Å². The molecule has 0 aliphatic rings. The van der Waals surface area contributed by atoms with Crippen LogP contribution < -0.4 is 88.7 Å². The van der Waals surface area contributed by atoms with Crippen molar-refractivity contribution < 1.29 is 128 Å². The fourth-order valence-electron chi connectivity index (χ4n) is 3.01. The Hall–Kier alpha value is 0.390. The molecular weight excluding hydrogens is 525 g/mol. The Morgan fingerprint density at radius 1 is 0.515 bits per heavy atom. The molecule has 15 heteroatoms. The largest absolute Gasteiger partial charge is 1.00 e. The van der Waals surface area contributed by atoms with E-state index in [9.17, 15) is 38.9 Å². The maximum absolute atomic E-state index is 12.1. The Kier molecular flexibility index (Phi) is 12.7. The Morgan fingerprint density at radius 2 is 0.909 bits per heavy atom. The summed E-state index contributed by atoms with van der Waals surface area (Å²) in [5.74, 6) is 0. The first-order valence-electron chi connectivity index (χ1n) is 8.01. The number of rotatable bonds is 5. The molecular formula is C18H11Na3O9S3. The van der Waals surface area contributed by atoms with Crippen molar-refractivity contribution in [3.05, 3.63) is 66.7 Å². The predicted octanol–water partition coefficient (Wildman–Crippen LogP) is -7.26. The van der Waals surface area contributed by atoms with Crippen LogP contribution in [0.4, 0.5) is 0 Å². The van der Waals surface area contributed by atoms with Crippen molar-refractivity contribution in [1.29, 1.82) is 0 Å². The molecule has 33 heavy (non-hydrogen) atoms. The third-order valence-corrected chi connectivity index (χ3v) is 7.07. The summed E-state index contributed by atoms with van der Waals surface area (Å²) in [6.07, 6.45) is 0. The third kappa shape index (κ3) is 7.68. The van der Waals surface area contributed by atoms with Gasteiger partial charge < -0.3 is 13.7 Å². The van der Waals surface area contributed by atoms with Gasteiger partial charge in [-0.3, -0.25) is 0 Å². The second-order valence-corrected chi connectivity index (χ2v) is 10.0. The molecule has 9 nitrogen and oxygen atoms in total. The molecule has 3 aromatic rings. The SMILES string of the molecule is O=S(=O)([O-])c1cc(-c2ccccc2)c(-c2ccccc2)c(S(=O)(=O)[O-])c1S(=O)(=O)[O-].[Na+].[Na+].[Na+]. The molecule has 3 aromatic carbocycles. The van der Waals surface area contributed by atoms with Gasteiger partial charge in [0, 0.05) is 5.56 Å². The topological polar surface area (TPSA) is 172 Å². The van der Waals surface area contributed by atoms with Crippen molar-refractivity contribution in [2.45, 2.75) is 14.7 Å². The standard InChI is InChI=1S/C18H14O9S3.3Na/c19-28(20,21)15-11-14(12-7-3-1-4-8-12)16(13-9-5-2-6-10-13)18(30(25,26)27)17(15)29(22,23)24;;;/h1-11H,(H,19,20,21)(H,22,23,24)(H,25,26,27);;;/q;3*+1/p-3. The summed E-state index contributed by atoms with van der Waals surface area (Å²) in [4.78, 5) is -5.07. The van der Waals surface area contributed by atoms with Crippen molar-refractivity contribution in [2.75, 3.05) is 0 Å². The van der Waals surface area contributed by atoms with E-state index >= 15 is 0 Å². The first-order valence-corrected chi connectivity index (χ1v) is 12.2. The summed E-state index contributed by atoms with van der Waals surface area (Å²) in [5.41, 5.74) is -0.525. The quantitative estimate of drug-likeness (QED) is 0.227. The normalized spacial score (nSPS) is 11.5. The molecule has 0 N–H and O–H groups in total. The van der Waals surface area contributed by atoms with E-state index in [4.69, 9.17) is 0 Å². The Balaban J connectivity index is 0.00000341. The van der Waals surface area contributed by atoms with E-state index in [2.05, 4.69) is 0 Å². The molecule has 0 aliphatic carbocycles. The van der Waals surface area contributed by atoms with Gasteiger partial charge in [-0.2, -0.15) is 0 Å². The maximum Gasteiger partial charge on any atom is 1.00 e. The van der Waals surface area contributed by atoms with Gasteiger partial charge >= 0.3 is 88.7 Å².